The minimum Gasteiger partial charge on any atom is -0.311 e. The lowest BCUT2D eigenvalue weighted by Crippen LogP contribution is -2.42. The predicted molar refractivity (Wildman–Crippen MR) is 75.3 cm³/mol. The van der Waals surface area contributed by atoms with Crippen LogP contribution in [0.3, 0.4) is 0 Å². The molecule has 2 aliphatic heterocycles. The number of fused-ring (bicyclic) bond motifs is 2. The van der Waals surface area contributed by atoms with Crippen molar-refractivity contribution >= 4 is 0 Å². The Bertz CT molecular complexity index is 172. The monoisotopic (exact) mass is 237 g/mol. The van der Waals surface area contributed by atoms with Crippen molar-refractivity contribution in [1.29, 1.82) is 0 Å². The molecule has 1 nitrogen and oxygen atoms in total. The molecule has 0 aromatic rings. The van der Waals surface area contributed by atoms with Gasteiger partial charge in [0.05, 0.1) is 0 Å². The van der Waals surface area contributed by atoms with Gasteiger partial charge in [-0.1, -0.05) is 64.2 Å². The molecule has 0 radical (unpaired) electrons. The van der Waals surface area contributed by atoms with Crippen LogP contribution in [0.15, 0.2) is 0 Å². The molecule has 2 aliphatic rings. The van der Waals surface area contributed by atoms with E-state index in [9.17, 15) is 0 Å². The van der Waals surface area contributed by atoms with Gasteiger partial charge in [0, 0.05) is 12.1 Å². The highest BCUT2D eigenvalue weighted by atomic mass is 15.0. The second kappa shape index (κ2) is 8.13. The molecule has 2 rings (SSSR count). The molecular weight excluding hydrogens is 206 g/mol. The molecule has 2 fully saturated rings. The minimum atomic E-state index is 0.858. The van der Waals surface area contributed by atoms with E-state index in [0.29, 0.717) is 0 Å². The van der Waals surface area contributed by atoms with Crippen molar-refractivity contribution in [2.24, 2.45) is 0 Å². The topological polar surface area (TPSA) is 12.0 Å². The minimum absolute atomic E-state index is 0.858. The first kappa shape index (κ1) is 13.4. The number of hydrogen-bond donors (Lipinski definition) is 1. The van der Waals surface area contributed by atoms with Crippen LogP contribution in [0.25, 0.3) is 0 Å². The van der Waals surface area contributed by atoms with Gasteiger partial charge in [-0.2, -0.15) is 0 Å². The molecule has 2 heterocycles. The van der Waals surface area contributed by atoms with Crippen molar-refractivity contribution in [3.05, 3.63) is 0 Å². The summed E-state index contributed by atoms with van der Waals surface area (Å²) in [5, 5.41) is 3.91. The van der Waals surface area contributed by atoms with Gasteiger partial charge in [-0.15, -0.1) is 0 Å². The smallest absolute Gasteiger partial charge is 0.00696 e. The standard InChI is InChI=1S/C16H31N/c1-2-4-6-8-11-15-13-10-14-16(17-15)12-9-7-5-3-1/h15-17H,1-14H2. The number of rotatable bonds is 0. The zero-order valence-electron chi connectivity index (χ0n) is 11.6. The van der Waals surface area contributed by atoms with Crippen LogP contribution in [0.2, 0.25) is 0 Å². The Balaban J connectivity index is 1.73. The van der Waals surface area contributed by atoms with Gasteiger partial charge in [0.2, 0.25) is 0 Å². The molecule has 17 heavy (non-hydrogen) atoms. The van der Waals surface area contributed by atoms with Gasteiger partial charge in [-0.05, 0) is 25.7 Å². The van der Waals surface area contributed by atoms with Gasteiger partial charge in [-0.25, -0.2) is 0 Å². The molecule has 0 aliphatic carbocycles. The summed E-state index contributed by atoms with van der Waals surface area (Å²) < 4.78 is 0. The zero-order chi connectivity index (χ0) is 11.8. The van der Waals surface area contributed by atoms with Crippen LogP contribution in [-0.2, 0) is 0 Å². The lowest BCUT2D eigenvalue weighted by atomic mass is 9.91. The van der Waals surface area contributed by atoms with E-state index in [0.717, 1.165) is 12.1 Å². The van der Waals surface area contributed by atoms with Crippen molar-refractivity contribution in [1.82, 2.24) is 5.32 Å². The normalized spacial score (nSPS) is 33.9. The van der Waals surface area contributed by atoms with E-state index in [4.69, 9.17) is 0 Å². The summed E-state index contributed by atoms with van der Waals surface area (Å²) >= 11 is 0. The van der Waals surface area contributed by atoms with Crippen LogP contribution < -0.4 is 5.32 Å². The van der Waals surface area contributed by atoms with E-state index in [-0.39, 0.29) is 0 Å². The molecular formula is C16H31N. The summed E-state index contributed by atoms with van der Waals surface area (Å²) in [4.78, 5) is 0. The van der Waals surface area contributed by atoms with Gasteiger partial charge in [-0.3, -0.25) is 0 Å². The molecule has 2 saturated heterocycles. The van der Waals surface area contributed by atoms with Gasteiger partial charge in [0.15, 0.2) is 0 Å². The summed E-state index contributed by atoms with van der Waals surface area (Å²) in [5.41, 5.74) is 0. The van der Waals surface area contributed by atoms with E-state index in [1.807, 2.05) is 0 Å². The highest BCUT2D eigenvalue weighted by Crippen LogP contribution is 2.22. The Morgan fingerprint density at radius 2 is 0.765 bits per heavy atom. The van der Waals surface area contributed by atoms with E-state index < -0.39 is 0 Å². The molecule has 0 spiro atoms. The maximum absolute atomic E-state index is 3.91. The summed E-state index contributed by atoms with van der Waals surface area (Å²) in [5.74, 6) is 0. The van der Waals surface area contributed by atoms with E-state index in [1.165, 1.54) is 89.9 Å². The van der Waals surface area contributed by atoms with Crippen molar-refractivity contribution < 1.29 is 0 Å². The number of nitrogens with one attached hydrogen (secondary N) is 1. The molecule has 0 aromatic carbocycles. The number of piperidine rings is 1. The molecule has 0 amide bonds. The third-order valence-electron chi connectivity index (χ3n) is 4.68. The Labute approximate surface area is 108 Å². The lowest BCUT2D eigenvalue weighted by molar-refractivity contribution is 0.284. The van der Waals surface area contributed by atoms with Gasteiger partial charge < -0.3 is 5.32 Å². The van der Waals surface area contributed by atoms with Gasteiger partial charge in [0.25, 0.3) is 0 Å². The molecule has 0 aromatic heterocycles. The largest absolute Gasteiger partial charge is 0.311 e. The Hall–Kier alpha value is -0.0400. The molecule has 2 bridgehead atoms. The van der Waals surface area contributed by atoms with Gasteiger partial charge in [0.1, 0.15) is 0 Å². The van der Waals surface area contributed by atoms with E-state index >= 15 is 0 Å². The second-order valence-corrected chi connectivity index (χ2v) is 6.25. The quantitative estimate of drug-likeness (QED) is 0.638. The average Bonchev–Trinajstić information content (AvgIpc) is 2.36. The Morgan fingerprint density at radius 1 is 0.412 bits per heavy atom. The molecule has 2 unspecified atom stereocenters. The molecule has 2 atom stereocenters. The summed E-state index contributed by atoms with van der Waals surface area (Å²) in [6.45, 7) is 0. The van der Waals surface area contributed by atoms with Crippen LogP contribution >= 0.6 is 0 Å². The van der Waals surface area contributed by atoms with Crippen LogP contribution in [0, 0.1) is 0 Å². The summed E-state index contributed by atoms with van der Waals surface area (Å²) in [7, 11) is 0. The maximum Gasteiger partial charge on any atom is 0.00696 e. The Morgan fingerprint density at radius 3 is 1.24 bits per heavy atom. The van der Waals surface area contributed by atoms with Crippen LogP contribution in [0.1, 0.15) is 89.9 Å². The predicted octanol–water partition coefficient (Wildman–Crippen LogP) is 4.80. The van der Waals surface area contributed by atoms with Crippen LogP contribution in [0.5, 0.6) is 0 Å². The van der Waals surface area contributed by atoms with E-state index in [2.05, 4.69) is 5.32 Å². The summed E-state index contributed by atoms with van der Waals surface area (Å²) in [6.07, 6.45) is 20.5. The molecule has 100 valence electrons. The average molecular weight is 237 g/mol. The third kappa shape index (κ3) is 5.42. The van der Waals surface area contributed by atoms with Crippen molar-refractivity contribution in [3.63, 3.8) is 0 Å². The highest BCUT2D eigenvalue weighted by Gasteiger charge is 2.19. The zero-order valence-corrected chi connectivity index (χ0v) is 11.6. The fourth-order valence-electron chi connectivity index (χ4n) is 3.58. The third-order valence-corrected chi connectivity index (χ3v) is 4.68. The Kier molecular flexibility index (Phi) is 6.41. The van der Waals surface area contributed by atoms with Crippen molar-refractivity contribution in [2.75, 3.05) is 0 Å². The summed E-state index contributed by atoms with van der Waals surface area (Å²) in [6, 6.07) is 1.72. The second-order valence-electron chi connectivity index (χ2n) is 6.25. The van der Waals surface area contributed by atoms with Gasteiger partial charge >= 0.3 is 0 Å². The van der Waals surface area contributed by atoms with Crippen LogP contribution in [-0.4, -0.2) is 12.1 Å². The lowest BCUT2D eigenvalue weighted by Gasteiger charge is -2.31. The first-order valence-corrected chi connectivity index (χ1v) is 8.21. The SMILES string of the molecule is C1CCCCCC2CCCC(CCCCC1)N2. The molecule has 1 heteroatoms. The van der Waals surface area contributed by atoms with Crippen molar-refractivity contribution in [3.8, 4) is 0 Å². The molecule has 0 saturated carbocycles. The van der Waals surface area contributed by atoms with Crippen molar-refractivity contribution in [2.45, 2.75) is 102 Å². The fourth-order valence-corrected chi connectivity index (χ4v) is 3.58. The number of hydrogen-bond acceptors (Lipinski definition) is 1. The maximum atomic E-state index is 3.91. The van der Waals surface area contributed by atoms with Crippen LogP contribution in [0.4, 0.5) is 0 Å². The fraction of sp³-hybridized carbons (Fsp3) is 1.00. The first-order chi connectivity index (χ1) is 8.45. The molecule has 1 N–H and O–H groups in total. The van der Waals surface area contributed by atoms with E-state index in [1.54, 1.807) is 0 Å². The first-order valence-electron chi connectivity index (χ1n) is 8.21. The highest BCUT2D eigenvalue weighted by molar-refractivity contribution is 4.80.